The van der Waals surface area contributed by atoms with Gasteiger partial charge in [0.25, 0.3) is 0 Å². The highest BCUT2D eigenvalue weighted by molar-refractivity contribution is 7.71. The summed E-state index contributed by atoms with van der Waals surface area (Å²) >= 11 is 4.98. The molecule has 0 fully saturated rings. The molecule has 0 aliphatic rings. The van der Waals surface area contributed by atoms with E-state index in [4.69, 9.17) is 12.2 Å². The van der Waals surface area contributed by atoms with Gasteiger partial charge in [0, 0.05) is 19.4 Å². The molecule has 0 aliphatic carbocycles. The third-order valence-electron chi connectivity index (χ3n) is 1.65. The molecule has 66 valence electrons. The number of aromatic amines is 1. The first-order valence-corrected chi connectivity index (χ1v) is 4.21. The lowest BCUT2D eigenvalue weighted by atomic mass is 10.3. The molecule has 0 bridgehead atoms. The summed E-state index contributed by atoms with van der Waals surface area (Å²) in [5.74, 6) is 0.751. The molecule has 0 atom stereocenters. The fraction of sp³-hybridized carbons (Fsp3) is 0.125. The van der Waals surface area contributed by atoms with Gasteiger partial charge in [0.15, 0.2) is 0 Å². The van der Waals surface area contributed by atoms with E-state index in [1.807, 2.05) is 13.2 Å². The summed E-state index contributed by atoms with van der Waals surface area (Å²) in [5, 5.41) is 4.05. The third kappa shape index (κ3) is 1.65. The molecule has 0 saturated carbocycles. The van der Waals surface area contributed by atoms with Crippen LogP contribution in [-0.4, -0.2) is 19.7 Å². The molecule has 0 radical (unpaired) electrons. The second-order valence-electron chi connectivity index (χ2n) is 2.69. The zero-order valence-electron chi connectivity index (χ0n) is 7.06. The van der Waals surface area contributed by atoms with Crippen LogP contribution >= 0.6 is 12.2 Å². The summed E-state index contributed by atoms with van der Waals surface area (Å²) in [7, 11) is 1.86. The summed E-state index contributed by atoms with van der Waals surface area (Å²) in [4.78, 5) is 7.13. The Balaban J connectivity index is 2.52. The van der Waals surface area contributed by atoms with Crippen LogP contribution in [0, 0.1) is 4.64 Å². The van der Waals surface area contributed by atoms with E-state index >= 15 is 0 Å². The van der Waals surface area contributed by atoms with Gasteiger partial charge in [0.05, 0.1) is 11.8 Å². The molecule has 0 saturated heterocycles. The van der Waals surface area contributed by atoms with Gasteiger partial charge in [0.1, 0.15) is 10.5 Å². The van der Waals surface area contributed by atoms with Crippen LogP contribution < -0.4 is 0 Å². The average Bonchev–Trinajstić information content (AvgIpc) is 2.52. The van der Waals surface area contributed by atoms with Crippen molar-refractivity contribution in [2.75, 3.05) is 0 Å². The van der Waals surface area contributed by atoms with E-state index < -0.39 is 0 Å². The summed E-state index contributed by atoms with van der Waals surface area (Å²) in [6, 6.07) is 1.75. The van der Waals surface area contributed by atoms with Gasteiger partial charge in [-0.25, -0.2) is 4.98 Å². The first-order valence-electron chi connectivity index (χ1n) is 3.80. The van der Waals surface area contributed by atoms with Gasteiger partial charge in [-0.3, -0.25) is 4.68 Å². The highest BCUT2D eigenvalue weighted by atomic mass is 32.1. The zero-order valence-corrected chi connectivity index (χ0v) is 7.88. The van der Waals surface area contributed by atoms with E-state index in [0.717, 1.165) is 11.4 Å². The largest absolute Gasteiger partial charge is 0.331 e. The van der Waals surface area contributed by atoms with Gasteiger partial charge in [-0.2, -0.15) is 5.10 Å². The van der Waals surface area contributed by atoms with Crippen molar-refractivity contribution in [3.05, 3.63) is 29.3 Å². The molecule has 13 heavy (non-hydrogen) atoms. The van der Waals surface area contributed by atoms with Crippen LogP contribution in [0.15, 0.2) is 24.7 Å². The van der Waals surface area contributed by atoms with Gasteiger partial charge in [-0.15, -0.1) is 0 Å². The molecule has 0 amide bonds. The maximum Gasteiger partial charge on any atom is 0.141 e. The Bertz CT molecular complexity index is 471. The summed E-state index contributed by atoms with van der Waals surface area (Å²) in [6.45, 7) is 0. The molecule has 2 heterocycles. The van der Waals surface area contributed by atoms with E-state index in [1.54, 1.807) is 23.1 Å². The maximum atomic E-state index is 4.98. The SMILES string of the molecule is Cn1cc(-c2nccc(=S)[nH]2)cn1. The smallest absolute Gasteiger partial charge is 0.141 e. The van der Waals surface area contributed by atoms with Crippen molar-refractivity contribution in [2.24, 2.45) is 7.05 Å². The number of nitrogens with one attached hydrogen (secondary N) is 1. The van der Waals surface area contributed by atoms with Crippen molar-refractivity contribution >= 4 is 12.2 Å². The van der Waals surface area contributed by atoms with E-state index in [9.17, 15) is 0 Å². The number of aromatic nitrogens is 4. The highest BCUT2D eigenvalue weighted by Gasteiger charge is 2.00. The van der Waals surface area contributed by atoms with E-state index in [2.05, 4.69) is 15.1 Å². The lowest BCUT2D eigenvalue weighted by molar-refractivity contribution is 0.768. The van der Waals surface area contributed by atoms with Crippen LogP contribution in [0.2, 0.25) is 0 Å². The fourth-order valence-corrected chi connectivity index (χ4v) is 1.22. The number of H-pyrrole nitrogens is 1. The Morgan fingerprint density at radius 1 is 1.54 bits per heavy atom. The molecule has 2 rings (SSSR count). The van der Waals surface area contributed by atoms with Crippen LogP contribution in [0.25, 0.3) is 11.4 Å². The number of aryl methyl sites for hydroxylation is 1. The molecule has 0 unspecified atom stereocenters. The maximum absolute atomic E-state index is 4.98. The average molecular weight is 192 g/mol. The molecular weight excluding hydrogens is 184 g/mol. The van der Waals surface area contributed by atoms with Gasteiger partial charge >= 0.3 is 0 Å². The van der Waals surface area contributed by atoms with Gasteiger partial charge < -0.3 is 4.98 Å². The molecule has 5 heteroatoms. The van der Waals surface area contributed by atoms with E-state index in [-0.39, 0.29) is 0 Å². The number of hydrogen-bond acceptors (Lipinski definition) is 3. The monoisotopic (exact) mass is 192 g/mol. The van der Waals surface area contributed by atoms with Crippen molar-refractivity contribution in [1.29, 1.82) is 0 Å². The second kappa shape index (κ2) is 3.10. The van der Waals surface area contributed by atoms with Gasteiger partial charge in [-0.1, -0.05) is 12.2 Å². The first kappa shape index (κ1) is 8.12. The van der Waals surface area contributed by atoms with Crippen molar-refractivity contribution in [3.8, 4) is 11.4 Å². The normalized spacial score (nSPS) is 10.2. The molecule has 2 aromatic rings. The lowest BCUT2D eigenvalue weighted by Crippen LogP contribution is -1.87. The van der Waals surface area contributed by atoms with Crippen LogP contribution in [0.1, 0.15) is 0 Å². The third-order valence-corrected chi connectivity index (χ3v) is 1.89. The quantitative estimate of drug-likeness (QED) is 0.697. The van der Waals surface area contributed by atoms with Crippen LogP contribution in [-0.2, 0) is 7.05 Å². The van der Waals surface area contributed by atoms with Crippen molar-refractivity contribution in [3.63, 3.8) is 0 Å². The predicted octanol–water partition coefficient (Wildman–Crippen LogP) is 1.54. The minimum atomic E-state index is 0.675. The summed E-state index contributed by atoms with van der Waals surface area (Å²) in [5.41, 5.74) is 0.939. The predicted molar refractivity (Wildman–Crippen MR) is 51.6 cm³/mol. The van der Waals surface area contributed by atoms with Crippen molar-refractivity contribution in [2.45, 2.75) is 0 Å². The Morgan fingerprint density at radius 2 is 2.38 bits per heavy atom. The van der Waals surface area contributed by atoms with E-state index in [1.165, 1.54) is 0 Å². The molecule has 2 aromatic heterocycles. The van der Waals surface area contributed by atoms with Gasteiger partial charge in [-0.05, 0) is 6.07 Å². The van der Waals surface area contributed by atoms with Crippen LogP contribution in [0.3, 0.4) is 0 Å². The minimum absolute atomic E-state index is 0.675. The molecular formula is C8H8N4S. The Kier molecular flexibility index (Phi) is 1.94. The topological polar surface area (TPSA) is 46.5 Å². The Morgan fingerprint density at radius 3 is 3.00 bits per heavy atom. The molecule has 0 spiro atoms. The highest BCUT2D eigenvalue weighted by Crippen LogP contribution is 2.11. The van der Waals surface area contributed by atoms with Crippen molar-refractivity contribution in [1.82, 2.24) is 19.7 Å². The Hall–Kier alpha value is -1.49. The number of nitrogens with zero attached hydrogens (tertiary/aromatic N) is 3. The standard InChI is InChI=1S/C8H8N4S/c1-12-5-6(4-10-12)8-9-3-2-7(13)11-8/h2-5H,1H3,(H,9,11,13). The Labute approximate surface area is 80.3 Å². The number of rotatable bonds is 1. The van der Waals surface area contributed by atoms with Gasteiger partial charge in [0.2, 0.25) is 0 Å². The number of hydrogen-bond donors (Lipinski definition) is 1. The summed E-state index contributed by atoms with van der Waals surface area (Å²) < 4.78 is 2.40. The molecule has 1 N–H and O–H groups in total. The fourth-order valence-electron chi connectivity index (χ4n) is 1.06. The van der Waals surface area contributed by atoms with Crippen LogP contribution in [0.4, 0.5) is 0 Å². The van der Waals surface area contributed by atoms with E-state index in [0.29, 0.717) is 4.64 Å². The second-order valence-corrected chi connectivity index (χ2v) is 3.13. The van der Waals surface area contributed by atoms with Crippen LogP contribution in [0.5, 0.6) is 0 Å². The molecule has 0 aliphatic heterocycles. The first-order chi connectivity index (χ1) is 6.25. The lowest BCUT2D eigenvalue weighted by Gasteiger charge is -1.94. The zero-order chi connectivity index (χ0) is 9.26. The summed E-state index contributed by atoms with van der Waals surface area (Å²) in [6.07, 6.45) is 5.31. The van der Waals surface area contributed by atoms with Crippen molar-refractivity contribution < 1.29 is 0 Å². The molecule has 4 nitrogen and oxygen atoms in total. The molecule has 0 aromatic carbocycles. The minimum Gasteiger partial charge on any atom is -0.331 e.